The molecule has 5 rings (SSSR count). The van der Waals surface area contributed by atoms with Crippen molar-refractivity contribution in [1.82, 2.24) is 14.9 Å². The first kappa shape index (κ1) is 30.2. The number of carbonyl (C=O) groups is 2. The molecule has 1 heterocycles. The third-order valence-electron chi connectivity index (χ3n) is 7.75. The van der Waals surface area contributed by atoms with Crippen molar-refractivity contribution in [3.63, 3.8) is 0 Å². The van der Waals surface area contributed by atoms with E-state index >= 15 is 0 Å². The van der Waals surface area contributed by atoms with E-state index in [1.165, 1.54) is 24.3 Å². The van der Waals surface area contributed by atoms with Gasteiger partial charge < -0.3 is 19.7 Å². The SMILES string of the molecule is CC[C@H](CO)NC(=O)c1ccc(S(=O)(=O)Cc2c(O[C@H](Cn3ccnc3)c3ccccc3)ccc3c2CCCC3=O)cc1. The molecule has 2 N–H and O–H groups in total. The number of aliphatic hydroxyl groups excluding tert-OH is 1. The van der Waals surface area contributed by atoms with E-state index in [1.54, 1.807) is 24.7 Å². The number of nitrogens with zero attached hydrogens (tertiary/aromatic N) is 2. The number of carbonyl (C=O) groups excluding carboxylic acids is 2. The number of hydrogen-bond donors (Lipinski definition) is 2. The van der Waals surface area contributed by atoms with Crippen LogP contribution >= 0.6 is 0 Å². The van der Waals surface area contributed by atoms with E-state index in [0.717, 1.165) is 5.56 Å². The van der Waals surface area contributed by atoms with Gasteiger partial charge in [-0.15, -0.1) is 0 Å². The summed E-state index contributed by atoms with van der Waals surface area (Å²) in [6.07, 6.45) is 6.98. The zero-order chi connectivity index (χ0) is 30.4. The first-order valence-electron chi connectivity index (χ1n) is 14.4. The molecule has 0 bridgehead atoms. The van der Waals surface area contributed by atoms with Crippen LogP contribution in [0.3, 0.4) is 0 Å². The molecular weight excluding hydrogens is 566 g/mol. The van der Waals surface area contributed by atoms with Gasteiger partial charge in [-0.2, -0.15) is 0 Å². The van der Waals surface area contributed by atoms with Gasteiger partial charge in [0.2, 0.25) is 0 Å². The van der Waals surface area contributed by atoms with E-state index in [2.05, 4.69) is 10.3 Å². The molecule has 0 spiro atoms. The predicted molar refractivity (Wildman–Crippen MR) is 162 cm³/mol. The summed E-state index contributed by atoms with van der Waals surface area (Å²) < 4.78 is 36.1. The molecule has 224 valence electrons. The van der Waals surface area contributed by atoms with E-state index in [1.807, 2.05) is 48.0 Å². The summed E-state index contributed by atoms with van der Waals surface area (Å²) in [6.45, 7) is 2.12. The van der Waals surface area contributed by atoms with Crippen LogP contribution in [0, 0.1) is 0 Å². The zero-order valence-electron chi connectivity index (χ0n) is 24.0. The van der Waals surface area contributed by atoms with Gasteiger partial charge in [0.25, 0.3) is 5.91 Å². The van der Waals surface area contributed by atoms with Crippen molar-refractivity contribution >= 4 is 21.5 Å². The number of benzene rings is 3. The van der Waals surface area contributed by atoms with Crippen molar-refractivity contribution < 1.29 is 27.9 Å². The predicted octanol–water partition coefficient (Wildman–Crippen LogP) is 4.70. The summed E-state index contributed by atoms with van der Waals surface area (Å²) in [6, 6.07) is 18.5. The molecule has 9 nitrogen and oxygen atoms in total. The lowest BCUT2D eigenvalue weighted by molar-refractivity contribution is 0.0914. The lowest BCUT2D eigenvalue weighted by atomic mass is 9.87. The van der Waals surface area contributed by atoms with Crippen LogP contribution in [-0.4, -0.2) is 47.4 Å². The molecule has 0 unspecified atom stereocenters. The number of Topliss-reactive ketones (excluding diaryl/α,β-unsaturated/α-hetero) is 1. The maximum absolute atomic E-state index is 13.8. The molecule has 3 aromatic carbocycles. The Kier molecular flexibility index (Phi) is 9.37. The lowest BCUT2D eigenvalue weighted by Crippen LogP contribution is -2.36. The van der Waals surface area contributed by atoms with Gasteiger partial charge in [-0.25, -0.2) is 13.4 Å². The Morgan fingerprint density at radius 2 is 1.84 bits per heavy atom. The van der Waals surface area contributed by atoms with Crippen molar-refractivity contribution in [2.24, 2.45) is 0 Å². The zero-order valence-corrected chi connectivity index (χ0v) is 24.8. The number of fused-ring (bicyclic) bond motifs is 1. The van der Waals surface area contributed by atoms with Gasteiger partial charge >= 0.3 is 0 Å². The van der Waals surface area contributed by atoms with Gasteiger partial charge in [-0.3, -0.25) is 9.59 Å². The highest BCUT2D eigenvalue weighted by atomic mass is 32.2. The fourth-order valence-electron chi connectivity index (χ4n) is 5.30. The maximum Gasteiger partial charge on any atom is 0.251 e. The summed E-state index contributed by atoms with van der Waals surface area (Å²) in [7, 11) is -3.89. The van der Waals surface area contributed by atoms with E-state index < -0.39 is 15.9 Å². The second-order valence-electron chi connectivity index (χ2n) is 10.7. The molecule has 0 fully saturated rings. The first-order chi connectivity index (χ1) is 20.8. The first-order valence-corrected chi connectivity index (χ1v) is 16.0. The molecule has 0 saturated heterocycles. The Morgan fingerprint density at radius 3 is 2.51 bits per heavy atom. The number of ketones is 1. The van der Waals surface area contributed by atoms with E-state index in [4.69, 9.17) is 4.74 Å². The number of ether oxygens (including phenoxy) is 1. The normalized spacial score (nSPS) is 14.5. The Hall–Kier alpha value is -4.28. The van der Waals surface area contributed by atoms with Crippen LogP contribution in [0.15, 0.2) is 90.3 Å². The molecule has 1 aliphatic rings. The Morgan fingerprint density at radius 1 is 1.07 bits per heavy atom. The second kappa shape index (κ2) is 13.4. The highest BCUT2D eigenvalue weighted by Crippen LogP contribution is 2.36. The molecule has 1 amide bonds. The molecule has 1 aliphatic carbocycles. The van der Waals surface area contributed by atoms with Crippen molar-refractivity contribution in [2.75, 3.05) is 6.61 Å². The number of imidazole rings is 1. The van der Waals surface area contributed by atoms with Crippen LogP contribution in [0.4, 0.5) is 0 Å². The number of aliphatic hydroxyl groups is 1. The monoisotopic (exact) mass is 601 g/mol. The van der Waals surface area contributed by atoms with Crippen LogP contribution < -0.4 is 10.1 Å². The quantitative estimate of drug-likeness (QED) is 0.241. The second-order valence-corrected chi connectivity index (χ2v) is 12.7. The minimum atomic E-state index is -3.89. The van der Waals surface area contributed by atoms with Gasteiger partial charge in [0, 0.05) is 35.5 Å². The van der Waals surface area contributed by atoms with E-state index in [9.17, 15) is 23.1 Å². The summed E-state index contributed by atoms with van der Waals surface area (Å²) in [5, 5.41) is 12.1. The average Bonchev–Trinajstić information content (AvgIpc) is 3.54. The summed E-state index contributed by atoms with van der Waals surface area (Å²) in [5.41, 5.74) is 2.93. The summed E-state index contributed by atoms with van der Waals surface area (Å²) in [5.74, 6) is -0.343. The molecule has 0 aliphatic heterocycles. The Labute approximate surface area is 251 Å². The van der Waals surface area contributed by atoms with Gasteiger partial charge in [0.1, 0.15) is 11.9 Å². The van der Waals surface area contributed by atoms with Gasteiger partial charge in [-0.1, -0.05) is 37.3 Å². The maximum atomic E-state index is 13.8. The fraction of sp³-hybridized carbons (Fsp3) is 0.303. The molecule has 0 saturated carbocycles. The third kappa shape index (κ3) is 7.03. The number of hydrogen-bond acceptors (Lipinski definition) is 7. The van der Waals surface area contributed by atoms with Crippen molar-refractivity contribution in [1.29, 1.82) is 0 Å². The van der Waals surface area contributed by atoms with Crippen molar-refractivity contribution in [3.8, 4) is 5.75 Å². The highest BCUT2D eigenvalue weighted by molar-refractivity contribution is 7.90. The molecule has 4 aromatic rings. The number of rotatable bonds is 12. The summed E-state index contributed by atoms with van der Waals surface area (Å²) >= 11 is 0. The minimum Gasteiger partial charge on any atom is -0.484 e. The van der Waals surface area contributed by atoms with Crippen molar-refractivity contribution in [3.05, 3.63) is 113 Å². The molecular formula is C33H35N3O6S. The largest absolute Gasteiger partial charge is 0.484 e. The van der Waals surface area contributed by atoms with E-state index in [-0.39, 0.29) is 35.0 Å². The van der Waals surface area contributed by atoms with Crippen LogP contribution in [-0.2, 0) is 28.6 Å². The van der Waals surface area contributed by atoms with Gasteiger partial charge in [0.15, 0.2) is 15.6 Å². The van der Waals surface area contributed by atoms with Crippen LogP contribution in [0.25, 0.3) is 0 Å². The average molecular weight is 602 g/mol. The van der Waals surface area contributed by atoms with E-state index in [0.29, 0.717) is 60.2 Å². The number of sulfone groups is 1. The molecule has 43 heavy (non-hydrogen) atoms. The molecule has 10 heteroatoms. The van der Waals surface area contributed by atoms with Crippen LogP contribution in [0.1, 0.15) is 69.7 Å². The van der Waals surface area contributed by atoms with Crippen LogP contribution in [0.2, 0.25) is 0 Å². The molecule has 2 atom stereocenters. The number of aromatic nitrogens is 2. The Balaban J connectivity index is 1.48. The fourth-order valence-corrected chi connectivity index (χ4v) is 6.71. The van der Waals surface area contributed by atoms with Crippen LogP contribution in [0.5, 0.6) is 5.75 Å². The Bertz CT molecular complexity index is 1670. The molecule has 0 radical (unpaired) electrons. The minimum absolute atomic E-state index is 0.00639. The smallest absolute Gasteiger partial charge is 0.251 e. The standard InChI is InChI=1S/C33H35N3O6S/c1-2-25(20-37)35-33(39)24-11-13-26(14-12-24)43(40,41)21-29-27-9-6-10-30(38)28(27)15-16-31(29)42-32(19-36-18-17-34-22-36)23-7-4-3-5-8-23/h3-5,7-8,11-18,22,25,32,37H,2,6,9-10,19-21H2,1H3,(H,35,39)/t25-,32-/m1/s1. The van der Waals surface area contributed by atoms with Gasteiger partial charge in [0.05, 0.1) is 36.2 Å². The summed E-state index contributed by atoms with van der Waals surface area (Å²) in [4.78, 5) is 29.6. The number of amides is 1. The van der Waals surface area contributed by atoms with Crippen molar-refractivity contribution in [2.45, 2.75) is 61.9 Å². The lowest BCUT2D eigenvalue weighted by Gasteiger charge is -2.25. The highest BCUT2D eigenvalue weighted by Gasteiger charge is 2.28. The molecule has 1 aromatic heterocycles. The van der Waals surface area contributed by atoms with Gasteiger partial charge in [-0.05, 0) is 66.8 Å². The number of nitrogens with one attached hydrogen (secondary N) is 1. The topological polar surface area (TPSA) is 128 Å². The third-order valence-corrected chi connectivity index (χ3v) is 9.41.